The molecule has 2 aromatic carbocycles. The maximum absolute atomic E-state index is 12.2. The van der Waals surface area contributed by atoms with Crippen LogP contribution in [0.15, 0.2) is 54.6 Å². The number of carbonyl (C=O) groups is 2. The molecule has 1 heterocycles. The standard InChI is InChI=1S/C21H20N4O4/c1-3-29-21(28)16-9-4-5-10-17(16)25-19-12-18(22-13(2)23-19)24-15-8-6-7-14(11-15)20(26)27/h4-12H,3H2,1-2H3,(H,26,27)(H2,22,23,24,25). The number of esters is 1. The van der Waals surface area contributed by atoms with Crippen LogP contribution in [0.2, 0.25) is 0 Å². The fraction of sp³-hybridized carbons (Fsp3) is 0.143. The van der Waals surface area contributed by atoms with Crippen molar-refractivity contribution in [3.05, 3.63) is 71.5 Å². The summed E-state index contributed by atoms with van der Waals surface area (Å²) in [6.45, 7) is 3.77. The van der Waals surface area contributed by atoms with Crippen LogP contribution in [0.3, 0.4) is 0 Å². The number of benzene rings is 2. The minimum Gasteiger partial charge on any atom is -0.478 e. The van der Waals surface area contributed by atoms with Gasteiger partial charge in [-0.1, -0.05) is 18.2 Å². The number of aromatic nitrogens is 2. The molecule has 8 nitrogen and oxygen atoms in total. The van der Waals surface area contributed by atoms with Crippen molar-refractivity contribution in [3.8, 4) is 0 Å². The molecular formula is C21H20N4O4. The van der Waals surface area contributed by atoms with E-state index >= 15 is 0 Å². The Kier molecular flexibility index (Phi) is 6.03. The SMILES string of the molecule is CCOC(=O)c1ccccc1Nc1cc(Nc2cccc(C(=O)O)c2)nc(C)n1. The second kappa shape index (κ2) is 8.83. The van der Waals surface area contributed by atoms with Gasteiger partial charge in [-0.2, -0.15) is 0 Å². The topological polar surface area (TPSA) is 113 Å². The molecule has 0 aliphatic carbocycles. The second-order valence-corrected chi connectivity index (χ2v) is 6.09. The summed E-state index contributed by atoms with van der Waals surface area (Å²) in [5, 5.41) is 15.3. The summed E-state index contributed by atoms with van der Waals surface area (Å²) in [7, 11) is 0. The number of para-hydroxylation sites is 1. The van der Waals surface area contributed by atoms with Crippen LogP contribution in [-0.2, 0) is 4.74 Å². The van der Waals surface area contributed by atoms with E-state index in [4.69, 9.17) is 9.84 Å². The fourth-order valence-corrected chi connectivity index (χ4v) is 2.69. The zero-order valence-electron chi connectivity index (χ0n) is 16.0. The molecule has 0 bridgehead atoms. The van der Waals surface area contributed by atoms with E-state index in [0.717, 1.165) is 0 Å². The van der Waals surface area contributed by atoms with Gasteiger partial charge in [0.05, 0.1) is 23.4 Å². The van der Waals surface area contributed by atoms with E-state index in [0.29, 0.717) is 34.4 Å². The monoisotopic (exact) mass is 392 g/mol. The lowest BCUT2D eigenvalue weighted by molar-refractivity contribution is 0.0527. The summed E-state index contributed by atoms with van der Waals surface area (Å²) in [5.41, 5.74) is 1.71. The molecule has 0 saturated carbocycles. The van der Waals surface area contributed by atoms with Crippen LogP contribution in [0.25, 0.3) is 0 Å². The Hall–Kier alpha value is -3.94. The van der Waals surface area contributed by atoms with Gasteiger partial charge in [0.15, 0.2) is 0 Å². The zero-order valence-corrected chi connectivity index (χ0v) is 16.0. The molecule has 29 heavy (non-hydrogen) atoms. The first-order chi connectivity index (χ1) is 14.0. The maximum atomic E-state index is 12.2. The van der Waals surface area contributed by atoms with Crippen LogP contribution in [0.4, 0.5) is 23.0 Å². The molecule has 0 spiro atoms. The lowest BCUT2D eigenvalue weighted by atomic mass is 10.2. The third kappa shape index (κ3) is 5.07. The first-order valence-corrected chi connectivity index (χ1v) is 8.95. The highest BCUT2D eigenvalue weighted by molar-refractivity contribution is 5.96. The van der Waals surface area contributed by atoms with Crippen LogP contribution in [0.1, 0.15) is 33.5 Å². The predicted octanol–water partition coefficient (Wildman–Crippen LogP) is 4.15. The Morgan fingerprint density at radius 1 is 1.00 bits per heavy atom. The average Bonchev–Trinajstić information content (AvgIpc) is 2.68. The number of aromatic carboxylic acids is 1. The van der Waals surface area contributed by atoms with Crippen LogP contribution in [0.5, 0.6) is 0 Å². The van der Waals surface area contributed by atoms with Crippen molar-refractivity contribution >= 4 is 34.9 Å². The molecule has 0 radical (unpaired) electrons. The Balaban J connectivity index is 1.86. The van der Waals surface area contributed by atoms with Gasteiger partial charge in [-0.25, -0.2) is 19.6 Å². The van der Waals surface area contributed by atoms with Crippen molar-refractivity contribution < 1.29 is 19.4 Å². The van der Waals surface area contributed by atoms with Crippen LogP contribution in [-0.4, -0.2) is 33.6 Å². The Morgan fingerprint density at radius 3 is 2.45 bits per heavy atom. The Labute approximate surface area is 167 Å². The van der Waals surface area contributed by atoms with Gasteiger partial charge in [-0.05, 0) is 44.2 Å². The lowest BCUT2D eigenvalue weighted by Crippen LogP contribution is -2.09. The summed E-state index contributed by atoms with van der Waals surface area (Å²) < 4.78 is 5.09. The summed E-state index contributed by atoms with van der Waals surface area (Å²) >= 11 is 0. The molecular weight excluding hydrogens is 372 g/mol. The molecule has 3 N–H and O–H groups in total. The number of carboxylic acids is 1. The predicted molar refractivity (Wildman–Crippen MR) is 109 cm³/mol. The van der Waals surface area contributed by atoms with Crippen LogP contribution < -0.4 is 10.6 Å². The van der Waals surface area contributed by atoms with E-state index < -0.39 is 11.9 Å². The van der Waals surface area contributed by atoms with Gasteiger partial charge in [0.1, 0.15) is 17.5 Å². The number of nitrogens with zero attached hydrogens (tertiary/aromatic N) is 2. The number of hydrogen-bond acceptors (Lipinski definition) is 7. The van der Waals surface area contributed by atoms with E-state index in [1.165, 1.54) is 12.1 Å². The Morgan fingerprint density at radius 2 is 1.72 bits per heavy atom. The zero-order chi connectivity index (χ0) is 20.8. The van der Waals surface area contributed by atoms with Crippen molar-refractivity contribution in [1.29, 1.82) is 0 Å². The number of anilines is 4. The number of carboxylic acid groups (broad SMARTS) is 1. The number of rotatable bonds is 7. The minimum absolute atomic E-state index is 0.169. The summed E-state index contributed by atoms with van der Waals surface area (Å²) in [6.07, 6.45) is 0. The van der Waals surface area contributed by atoms with Gasteiger partial charge in [0, 0.05) is 11.8 Å². The molecule has 3 aromatic rings. The molecule has 0 saturated heterocycles. The molecule has 1 aromatic heterocycles. The third-order valence-electron chi connectivity index (χ3n) is 3.91. The van der Waals surface area contributed by atoms with E-state index in [1.54, 1.807) is 56.3 Å². The van der Waals surface area contributed by atoms with Crippen molar-refractivity contribution in [1.82, 2.24) is 9.97 Å². The summed E-state index contributed by atoms with van der Waals surface area (Å²) in [4.78, 5) is 32.0. The first kappa shape index (κ1) is 19.8. The molecule has 0 unspecified atom stereocenters. The molecule has 0 atom stereocenters. The van der Waals surface area contributed by atoms with E-state index in [9.17, 15) is 9.59 Å². The van der Waals surface area contributed by atoms with Gasteiger partial charge in [0.2, 0.25) is 0 Å². The number of nitrogens with one attached hydrogen (secondary N) is 2. The van der Waals surface area contributed by atoms with Crippen LogP contribution in [0, 0.1) is 6.92 Å². The number of aryl methyl sites for hydroxylation is 1. The fourth-order valence-electron chi connectivity index (χ4n) is 2.69. The molecule has 0 fully saturated rings. The molecule has 0 amide bonds. The van der Waals surface area contributed by atoms with Gasteiger partial charge < -0.3 is 20.5 Å². The third-order valence-corrected chi connectivity index (χ3v) is 3.91. The number of carbonyl (C=O) groups excluding carboxylic acids is 1. The minimum atomic E-state index is -1.01. The van der Waals surface area contributed by atoms with E-state index in [-0.39, 0.29) is 12.2 Å². The number of hydrogen-bond donors (Lipinski definition) is 3. The van der Waals surface area contributed by atoms with Gasteiger partial charge in [0.25, 0.3) is 0 Å². The normalized spacial score (nSPS) is 10.3. The average molecular weight is 392 g/mol. The van der Waals surface area contributed by atoms with Crippen molar-refractivity contribution in [2.45, 2.75) is 13.8 Å². The van der Waals surface area contributed by atoms with Crippen molar-refractivity contribution in [2.24, 2.45) is 0 Å². The number of ether oxygens (including phenoxy) is 1. The highest BCUT2D eigenvalue weighted by atomic mass is 16.5. The van der Waals surface area contributed by atoms with Gasteiger partial charge in [-0.15, -0.1) is 0 Å². The molecule has 3 rings (SSSR count). The molecule has 0 aliphatic rings. The first-order valence-electron chi connectivity index (χ1n) is 8.95. The molecule has 148 valence electrons. The largest absolute Gasteiger partial charge is 0.478 e. The maximum Gasteiger partial charge on any atom is 0.340 e. The molecule has 0 aliphatic heterocycles. The van der Waals surface area contributed by atoms with Gasteiger partial charge >= 0.3 is 11.9 Å². The quantitative estimate of drug-likeness (QED) is 0.514. The Bertz CT molecular complexity index is 1050. The van der Waals surface area contributed by atoms with Crippen LogP contribution >= 0.6 is 0 Å². The van der Waals surface area contributed by atoms with E-state index in [1.807, 2.05) is 0 Å². The van der Waals surface area contributed by atoms with Crippen molar-refractivity contribution in [2.75, 3.05) is 17.2 Å². The second-order valence-electron chi connectivity index (χ2n) is 6.09. The van der Waals surface area contributed by atoms with Crippen molar-refractivity contribution in [3.63, 3.8) is 0 Å². The molecule has 8 heteroatoms. The summed E-state index contributed by atoms with van der Waals surface area (Å²) in [5.74, 6) is 0.0263. The highest BCUT2D eigenvalue weighted by Crippen LogP contribution is 2.24. The smallest absolute Gasteiger partial charge is 0.340 e. The van der Waals surface area contributed by atoms with E-state index in [2.05, 4.69) is 20.6 Å². The van der Waals surface area contributed by atoms with Gasteiger partial charge in [-0.3, -0.25) is 0 Å². The lowest BCUT2D eigenvalue weighted by Gasteiger charge is -2.13. The summed E-state index contributed by atoms with van der Waals surface area (Å²) in [6, 6.07) is 15.1. The highest BCUT2D eigenvalue weighted by Gasteiger charge is 2.13.